The average Bonchev–Trinajstić information content (AvgIpc) is 2.35. The van der Waals surface area contributed by atoms with Gasteiger partial charge in [0, 0.05) is 12.2 Å². The number of nitrogens with zero attached hydrogens (tertiary/aromatic N) is 2. The molecule has 0 aromatic heterocycles. The van der Waals surface area contributed by atoms with Crippen LogP contribution in [0.2, 0.25) is 0 Å². The second-order valence-electron chi connectivity index (χ2n) is 3.20. The molecule has 0 saturated carbocycles. The molecule has 0 aliphatic carbocycles. The van der Waals surface area contributed by atoms with Crippen molar-refractivity contribution in [1.29, 1.82) is 10.5 Å². The molecule has 0 aliphatic heterocycles. The highest BCUT2D eigenvalue weighted by Gasteiger charge is 2.04. The second kappa shape index (κ2) is 5.72. The third-order valence-electron chi connectivity index (χ3n) is 2.01. The first kappa shape index (κ1) is 12.0. The Labute approximate surface area is 93.2 Å². The van der Waals surface area contributed by atoms with Crippen LogP contribution in [0, 0.1) is 22.7 Å². The Morgan fingerprint density at radius 3 is 2.50 bits per heavy atom. The molecule has 0 aliphatic rings. The summed E-state index contributed by atoms with van der Waals surface area (Å²) in [5.41, 5.74) is 1.23. The van der Waals surface area contributed by atoms with E-state index in [1.807, 2.05) is 12.1 Å². The van der Waals surface area contributed by atoms with Gasteiger partial charge in [-0.1, -0.05) is 0 Å². The van der Waals surface area contributed by atoms with Crippen LogP contribution in [0.1, 0.15) is 11.1 Å². The van der Waals surface area contributed by atoms with E-state index in [2.05, 4.69) is 5.32 Å². The zero-order valence-corrected chi connectivity index (χ0v) is 8.51. The summed E-state index contributed by atoms with van der Waals surface area (Å²) in [5, 5.41) is 38.1. The van der Waals surface area contributed by atoms with Crippen LogP contribution in [0.5, 0.6) is 0 Å². The van der Waals surface area contributed by atoms with Gasteiger partial charge in [-0.2, -0.15) is 10.5 Å². The molecule has 5 heteroatoms. The summed E-state index contributed by atoms with van der Waals surface area (Å²) < 4.78 is 0. The van der Waals surface area contributed by atoms with Gasteiger partial charge in [0.05, 0.1) is 23.8 Å². The lowest BCUT2D eigenvalue weighted by Crippen LogP contribution is -2.22. The minimum Gasteiger partial charge on any atom is -0.394 e. The Morgan fingerprint density at radius 2 is 1.94 bits per heavy atom. The van der Waals surface area contributed by atoms with Crippen molar-refractivity contribution in [3.8, 4) is 12.1 Å². The third-order valence-corrected chi connectivity index (χ3v) is 2.01. The lowest BCUT2D eigenvalue weighted by atomic mass is 10.1. The summed E-state index contributed by atoms with van der Waals surface area (Å²) in [5.74, 6) is 0. The number of aliphatic hydroxyl groups excluding tert-OH is 2. The lowest BCUT2D eigenvalue weighted by molar-refractivity contribution is 0.105. The molecule has 0 radical (unpaired) electrons. The molecule has 0 amide bonds. The highest BCUT2D eigenvalue weighted by Crippen LogP contribution is 2.14. The molecule has 1 unspecified atom stereocenters. The summed E-state index contributed by atoms with van der Waals surface area (Å²) >= 11 is 0. The van der Waals surface area contributed by atoms with Crippen LogP contribution in [0.25, 0.3) is 0 Å². The third kappa shape index (κ3) is 2.96. The fourth-order valence-corrected chi connectivity index (χ4v) is 1.14. The van der Waals surface area contributed by atoms with Crippen molar-refractivity contribution in [2.75, 3.05) is 18.5 Å². The number of aliphatic hydroxyl groups is 2. The minimum absolute atomic E-state index is 0.188. The van der Waals surface area contributed by atoms with Gasteiger partial charge in [0.1, 0.15) is 12.1 Å². The van der Waals surface area contributed by atoms with E-state index in [0.717, 1.165) is 0 Å². The summed E-state index contributed by atoms with van der Waals surface area (Å²) in [4.78, 5) is 0. The quantitative estimate of drug-likeness (QED) is 0.668. The molecule has 0 saturated heterocycles. The maximum Gasteiger partial charge on any atom is 0.101 e. The van der Waals surface area contributed by atoms with Gasteiger partial charge in [-0.15, -0.1) is 0 Å². The molecule has 0 heterocycles. The molecule has 1 atom stereocenters. The molecule has 3 N–H and O–H groups in total. The van der Waals surface area contributed by atoms with Crippen molar-refractivity contribution in [2.24, 2.45) is 0 Å². The van der Waals surface area contributed by atoms with E-state index in [9.17, 15) is 0 Å². The first-order chi connectivity index (χ1) is 7.71. The molecular formula is C11H11N3O2. The highest BCUT2D eigenvalue weighted by molar-refractivity contribution is 5.56. The number of hydrogen-bond acceptors (Lipinski definition) is 5. The Balaban J connectivity index is 2.77. The van der Waals surface area contributed by atoms with E-state index in [1.165, 1.54) is 12.1 Å². The van der Waals surface area contributed by atoms with Gasteiger partial charge in [0.2, 0.25) is 0 Å². The van der Waals surface area contributed by atoms with Crippen LogP contribution in [-0.2, 0) is 0 Å². The van der Waals surface area contributed by atoms with Crippen molar-refractivity contribution < 1.29 is 10.2 Å². The van der Waals surface area contributed by atoms with Crippen molar-refractivity contribution in [3.63, 3.8) is 0 Å². The van der Waals surface area contributed by atoms with Crippen molar-refractivity contribution in [1.82, 2.24) is 0 Å². The van der Waals surface area contributed by atoms with Crippen molar-refractivity contribution >= 4 is 5.69 Å². The van der Waals surface area contributed by atoms with Crippen molar-refractivity contribution in [3.05, 3.63) is 29.3 Å². The first-order valence-electron chi connectivity index (χ1n) is 4.68. The zero-order valence-electron chi connectivity index (χ0n) is 8.51. The lowest BCUT2D eigenvalue weighted by Gasteiger charge is -2.10. The fraction of sp³-hybridized carbons (Fsp3) is 0.273. The predicted octanol–water partition coefficient (Wildman–Crippen LogP) is 0.195. The number of nitriles is 2. The number of rotatable bonds is 4. The van der Waals surface area contributed by atoms with E-state index in [0.29, 0.717) is 11.3 Å². The normalized spacial score (nSPS) is 11.2. The summed E-state index contributed by atoms with van der Waals surface area (Å²) in [7, 11) is 0. The predicted molar refractivity (Wildman–Crippen MR) is 57.5 cm³/mol. The van der Waals surface area contributed by atoms with E-state index in [4.69, 9.17) is 20.7 Å². The Bertz CT molecular complexity index is 446. The van der Waals surface area contributed by atoms with Gasteiger partial charge in [-0.05, 0) is 18.2 Å². The number of hydrogen-bond donors (Lipinski definition) is 3. The van der Waals surface area contributed by atoms with Crippen LogP contribution in [0.15, 0.2) is 18.2 Å². The van der Waals surface area contributed by atoms with Crippen LogP contribution in [0.3, 0.4) is 0 Å². The number of anilines is 1. The van der Waals surface area contributed by atoms with Gasteiger partial charge < -0.3 is 15.5 Å². The van der Waals surface area contributed by atoms with Gasteiger partial charge in [0.15, 0.2) is 0 Å². The molecule has 1 aromatic rings. The molecule has 82 valence electrons. The van der Waals surface area contributed by atoms with Crippen LogP contribution in [0.4, 0.5) is 5.69 Å². The SMILES string of the molecule is N#Cc1ccc(NCC(O)CO)cc1C#N. The fourth-order valence-electron chi connectivity index (χ4n) is 1.14. The van der Waals surface area contributed by atoms with Crippen LogP contribution in [-0.4, -0.2) is 29.5 Å². The summed E-state index contributed by atoms with van der Waals surface area (Å²) in [6.07, 6.45) is -0.846. The number of benzene rings is 1. The van der Waals surface area contributed by atoms with E-state index >= 15 is 0 Å². The topological polar surface area (TPSA) is 100 Å². The van der Waals surface area contributed by atoms with Crippen molar-refractivity contribution in [2.45, 2.75) is 6.10 Å². The maximum atomic E-state index is 9.12. The van der Waals surface area contributed by atoms with E-state index in [-0.39, 0.29) is 18.7 Å². The van der Waals surface area contributed by atoms with Gasteiger partial charge in [-0.3, -0.25) is 0 Å². The molecular weight excluding hydrogens is 206 g/mol. The molecule has 1 rings (SSSR count). The Hall–Kier alpha value is -2.08. The Morgan fingerprint density at radius 1 is 1.25 bits per heavy atom. The summed E-state index contributed by atoms with van der Waals surface area (Å²) in [6.45, 7) is -0.137. The van der Waals surface area contributed by atoms with E-state index < -0.39 is 6.10 Å². The van der Waals surface area contributed by atoms with Gasteiger partial charge in [0.25, 0.3) is 0 Å². The highest BCUT2D eigenvalue weighted by atomic mass is 16.3. The molecule has 16 heavy (non-hydrogen) atoms. The average molecular weight is 217 g/mol. The Kier molecular flexibility index (Phi) is 4.28. The molecule has 0 bridgehead atoms. The first-order valence-corrected chi connectivity index (χ1v) is 4.68. The maximum absolute atomic E-state index is 9.12. The molecule has 0 spiro atoms. The number of nitrogens with one attached hydrogen (secondary N) is 1. The zero-order chi connectivity index (χ0) is 12.0. The standard InChI is InChI=1S/C11H11N3O2/c12-4-8-1-2-10(3-9(8)5-13)14-6-11(16)7-15/h1-3,11,14-16H,6-7H2. The second-order valence-corrected chi connectivity index (χ2v) is 3.20. The largest absolute Gasteiger partial charge is 0.394 e. The smallest absolute Gasteiger partial charge is 0.101 e. The molecule has 0 fully saturated rings. The monoisotopic (exact) mass is 217 g/mol. The minimum atomic E-state index is -0.846. The molecule has 5 nitrogen and oxygen atoms in total. The molecule has 1 aromatic carbocycles. The summed E-state index contributed by atoms with van der Waals surface area (Å²) in [6, 6.07) is 8.53. The van der Waals surface area contributed by atoms with Crippen LogP contribution >= 0.6 is 0 Å². The van der Waals surface area contributed by atoms with Gasteiger partial charge in [-0.25, -0.2) is 0 Å². The van der Waals surface area contributed by atoms with Crippen LogP contribution < -0.4 is 5.32 Å². The van der Waals surface area contributed by atoms with E-state index in [1.54, 1.807) is 6.07 Å². The van der Waals surface area contributed by atoms with Gasteiger partial charge >= 0.3 is 0 Å².